The van der Waals surface area contributed by atoms with E-state index in [0.717, 1.165) is 0 Å². The molecule has 126 valence electrons. The Morgan fingerprint density at radius 2 is 1.00 bits per heavy atom. The van der Waals surface area contributed by atoms with Gasteiger partial charge in [-0.15, -0.1) is 0 Å². The summed E-state index contributed by atoms with van der Waals surface area (Å²) in [4.78, 5) is 37.1. The Morgan fingerprint density at radius 3 is 1.09 bits per heavy atom. The van der Waals surface area contributed by atoms with Crippen molar-refractivity contribution in [2.45, 2.75) is 6.92 Å². The summed E-state index contributed by atoms with van der Waals surface area (Å²) in [6.07, 6.45) is 0. The van der Waals surface area contributed by atoms with E-state index >= 15 is 0 Å². The van der Waals surface area contributed by atoms with Crippen LogP contribution in [-0.2, 0) is 47.9 Å². The van der Waals surface area contributed by atoms with Gasteiger partial charge in [-0.25, -0.2) is 0 Å². The Labute approximate surface area is 143 Å². The van der Waals surface area contributed by atoms with Gasteiger partial charge in [-0.2, -0.15) is 0 Å². The molecule has 1 aromatic carbocycles. The second-order valence-electron chi connectivity index (χ2n) is 2.86. The van der Waals surface area contributed by atoms with Crippen LogP contribution in [0.3, 0.4) is 0 Å². The standard InChI is InChI=1S/C7H8.Mo.2H4O5P2/c1-7-5-3-2-4-6-7;;2*1-6(2)5-7(3)4/h2-6H,1H3;;2*6-7H,(H,1,2)(H,3,4)/q;+4;;/p-4. The van der Waals surface area contributed by atoms with E-state index in [4.69, 9.17) is 0 Å². The molecular weight excluding hydrogens is 464 g/mol. The number of hydrogen-bond donors (Lipinski definition) is 0. The molecule has 4 unspecified atom stereocenters. The molecule has 0 saturated heterocycles. The van der Waals surface area contributed by atoms with Crippen molar-refractivity contribution >= 4 is 33.0 Å². The molecule has 0 fully saturated rings. The van der Waals surface area contributed by atoms with Crippen molar-refractivity contribution in [1.82, 2.24) is 0 Å². The fourth-order valence-electron chi connectivity index (χ4n) is 0.670. The van der Waals surface area contributed by atoms with Crippen LogP contribution in [0.2, 0.25) is 0 Å². The molecule has 4 atom stereocenters. The maximum absolute atomic E-state index is 9.29. The van der Waals surface area contributed by atoms with Gasteiger partial charge in [0.1, 0.15) is 33.0 Å². The molecule has 0 heterocycles. The van der Waals surface area contributed by atoms with Crippen molar-refractivity contribution in [3.8, 4) is 0 Å². The second kappa shape index (κ2) is 17.9. The van der Waals surface area contributed by atoms with Crippen molar-refractivity contribution in [1.29, 1.82) is 0 Å². The van der Waals surface area contributed by atoms with Gasteiger partial charge in [-0.1, -0.05) is 35.9 Å². The third-order valence-electron chi connectivity index (χ3n) is 1.27. The predicted octanol–water partition coefficient (Wildman–Crippen LogP) is -1.00. The summed E-state index contributed by atoms with van der Waals surface area (Å²) in [5.41, 5.74) is 1.32. The molecule has 1 aromatic rings. The summed E-state index contributed by atoms with van der Waals surface area (Å²) in [6.45, 7) is 2.08. The molecule has 0 aliphatic rings. The van der Waals surface area contributed by atoms with Gasteiger partial charge in [-0.3, -0.25) is 8.62 Å². The third-order valence-corrected chi connectivity index (χ3v) is 3.94. The van der Waals surface area contributed by atoms with Crippen molar-refractivity contribution in [3.05, 3.63) is 35.9 Å². The number of hydrogen-bond acceptors (Lipinski definition) is 10. The van der Waals surface area contributed by atoms with Crippen LogP contribution in [0.15, 0.2) is 30.3 Å². The smallest absolute Gasteiger partial charge is 0.781 e. The monoisotopic (exact) mass is 478 g/mol. The van der Waals surface area contributed by atoms with Gasteiger partial charge in [0, 0.05) is 0 Å². The summed E-state index contributed by atoms with van der Waals surface area (Å²) in [7, 11) is -14.1. The SMILES string of the molecule is Cc1ccccc1.O=[PH]([O-])O[PH](=O)[O-].O=[PH]([O-])O[PH](=O)[O-].[Mo+4]. The average Bonchev–Trinajstić information content (AvgIpc) is 2.27. The van der Waals surface area contributed by atoms with E-state index in [-0.39, 0.29) is 21.1 Å². The van der Waals surface area contributed by atoms with Crippen molar-refractivity contribution in [3.63, 3.8) is 0 Å². The molecule has 0 aliphatic heterocycles. The molecule has 0 saturated carbocycles. The maximum atomic E-state index is 9.29. The maximum Gasteiger partial charge on any atom is 4.00 e. The van der Waals surface area contributed by atoms with Crippen LogP contribution in [-0.4, -0.2) is 0 Å². The van der Waals surface area contributed by atoms with Gasteiger partial charge in [0.15, 0.2) is 0 Å². The van der Waals surface area contributed by atoms with Crippen molar-refractivity contribution in [2.75, 3.05) is 0 Å². The fraction of sp³-hybridized carbons (Fsp3) is 0.143. The zero-order valence-corrected chi connectivity index (χ0v) is 16.9. The zero-order valence-electron chi connectivity index (χ0n) is 10.9. The summed E-state index contributed by atoms with van der Waals surface area (Å²) in [5, 5.41) is 0. The molecule has 0 bridgehead atoms. The first-order chi connectivity index (χ1) is 9.65. The number of rotatable bonds is 4. The fourth-order valence-corrected chi connectivity index (χ4v) is 1.76. The molecule has 0 amide bonds. The molecule has 0 radical (unpaired) electrons. The molecule has 0 N–H and O–H groups in total. The molecular formula is C7H12MoO10P4. The summed E-state index contributed by atoms with van der Waals surface area (Å²) >= 11 is 0. The summed E-state index contributed by atoms with van der Waals surface area (Å²) in [5.74, 6) is 0. The first kappa shape index (κ1) is 27.4. The van der Waals surface area contributed by atoms with E-state index in [1.165, 1.54) is 5.56 Å². The molecule has 1 rings (SSSR count). The predicted molar refractivity (Wildman–Crippen MR) is 69.4 cm³/mol. The first-order valence-electron chi connectivity index (χ1n) is 4.86. The Balaban J connectivity index is -0.000000241. The average molecular weight is 476 g/mol. The first-order valence-corrected chi connectivity index (χ1v) is 9.76. The van der Waals surface area contributed by atoms with Gasteiger partial charge in [0.2, 0.25) is 0 Å². The Morgan fingerprint density at radius 1 is 0.727 bits per heavy atom. The number of aryl methyl sites for hydroxylation is 1. The van der Waals surface area contributed by atoms with Crippen LogP contribution in [0.5, 0.6) is 0 Å². The van der Waals surface area contributed by atoms with Crippen LogP contribution in [0.25, 0.3) is 0 Å². The largest absolute Gasteiger partial charge is 4.00 e. The minimum Gasteiger partial charge on any atom is -0.781 e. The minimum atomic E-state index is -3.51. The normalized spacial score (nSPS) is 14.6. The molecule has 0 aliphatic carbocycles. The molecule has 0 aromatic heterocycles. The van der Waals surface area contributed by atoms with E-state index in [9.17, 15) is 37.8 Å². The van der Waals surface area contributed by atoms with Gasteiger partial charge in [0.25, 0.3) is 0 Å². The van der Waals surface area contributed by atoms with Crippen LogP contribution >= 0.6 is 33.0 Å². The Bertz CT molecular complexity index is 433. The minimum absolute atomic E-state index is 0. The van der Waals surface area contributed by atoms with E-state index in [0.29, 0.717) is 0 Å². The summed E-state index contributed by atoms with van der Waals surface area (Å²) < 4.78 is 43.6. The van der Waals surface area contributed by atoms with E-state index in [1.54, 1.807) is 0 Å². The van der Waals surface area contributed by atoms with Crippen molar-refractivity contribution in [2.24, 2.45) is 0 Å². The van der Waals surface area contributed by atoms with E-state index < -0.39 is 33.0 Å². The summed E-state index contributed by atoms with van der Waals surface area (Å²) in [6, 6.07) is 10.3. The molecule has 15 heteroatoms. The zero-order chi connectivity index (χ0) is 16.8. The van der Waals surface area contributed by atoms with E-state index in [2.05, 4.69) is 27.7 Å². The molecule has 22 heavy (non-hydrogen) atoms. The Hall–Kier alpha value is 0.588. The quantitative estimate of drug-likeness (QED) is 0.387. The molecule has 0 spiro atoms. The van der Waals surface area contributed by atoms with Gasteiger partial charge < -0.3 is 37.8 Å². The Kier molecular flexibility index (Phi) is 22.4. The van der Waals surface area contributed by atoms with Crippen LogP contribution in [0, 0.1) is 6.92 Å². The van der Waals surface area contributed by atoms with Crippen LogP contribution in [0.4, 0.5) is 0 Å². The van der Waals surface area contributed by atoms with Crippen LogP contribution in [0.1, 0.15) is 5.56 Å². The van der Waals surface area contributed by atoms with E-state index in [1.807, 2.05) is 18.2 Å². The van der Waals surface area contributed by atoms with Gasteiger partial charge >= 0.3 is 21.1 Å². The number of benzene rings is 1. The third kappa shape index (κ3) is 28.7. The molecule has 10 nitrogen and oxygen atoms in total. The van der Waals surface area contributed by atoms with Crippen molar-refractivity contribution < 1.29 is 67.5 Å². The topological polar surface area (TPSA) is 179 Å². The second-order valence-corrected chi connectivity index (χ2v) is 6.49. The van der Waals surface area contributed by atoms with Gasteiger partial charge in [0.05, 0.1) is 0 Å². The van der Waals surface area contributed by atoms with Crippen LogP contribution < -0.4 is 19.6 Å². The van der Waals surface area contributed by atoms with Gasteiger partial charge in [-0.05, 0) is 6.92 Å².